The smallest absolute Gasteiger partial charge is 0.207 e. The van der Waals surface area contributed by atoms with E-state index in [2.05, 4.69) is 15.9 Å². The fourth-order valence-electron chi connectivity index (χ4n) is 2.35. The van der Waals surface area contributed by atoms with Gasteiger partial charge in [0.2, 0.25) is 10.0 Å². The standard InChI is InChI=1S/C13H15BrF3NO2S/c1-9-7-11(4-5-12(9)14)21(19,20)18-6-2-3-10(8-18)13(15,16)17/h4-5,7,10H,2-3,6,8H2,1H3. The molecule has 1 atom stereocenters. The maximum Gasteiger partial charge on any atom is 0.393 e. The van der Waals surface area contributed by atoms with E-state index in [1.165, 1.54) is 12.1 Å². The number of halogens is 4. The maximum absolute atomic E-state index is 12.8. The van der Waals surface area contributed by atoms with E-state index in [-0.39, 0.29) is 24.3 Å². The minimum atomic E-state index is -4.36. The zero-order valence-electron chi connectivity index (χ0n) is 11.3. The Hall–Kier alpha value is -0.600. The molecule has 8 heteroatoms. The number of aryl methyl sites for hydroxylation is 1. The van der Waals surface area contributed by atoms with Crippen molar-refractivity contribution < 1.29 is 21.6 Å². The second-order valence-electron chi connectivity index (χ2n) is 5.15. The van der Waals surface area contributed by atoms with Gasteiger partial charge in [-0.05, 0) is 43.5 Å². The highest BCUT2D eigenvalue weighted by molar-refractivity contribution is 9.10. The molecule has 21 heavy (non-hydrogen) atoms. The molecule has 1 aliphatic rings. The van der Waals surface area contributed by atoms with Crippen LogP contribution in [0, 0.1) is 12.8 Å². The third-order valence-corrected chi connectivity index (χ3v) is 6.37. The summed E-state index contributed by atoms with van der Waals surface area (Å²) in [5.74, 6) is -1.59. The molecule has 0 saturated carbocycles. The Bertz CT molecular complexity index is 631. The summed E-state index contributed by atoms with van der Waals surface area (Å²) in [6.45, 7) is 1.36. The summed E-state index contributed by atoms with van der Waals surface area (Å²) in [4.78, 5) is 0.0334. The van der Waals surface area contributed by atoms with Crippen LogP contribution in [0.15, 0.2) is 27.6 Å². The molecule has 1 fully saturated rings. The van der Waals surface area contributed by atoms with Gasteiger partial charge in [-0.2, -0.15) is 17.5 Å². The molecule has 0 aromatic heterocycles. The lowest BCUT2D eigenvalue weighted by Crippen LogP contribution is -2.44. The van der Waals surface area contributed by atoms with Crippen LogP contribution in [-0.4, -0.2) is 32.0 Å². The van der Waals surface area contributed by atoms with Crippen molar-refractivity contribution >= 4 is 26.0 Å². The molecule has 1 unspecified atom stereocenters. The fourth-order valence-corrected chi connectivity index (χ4v) is 4.21. The molecule has 1 aromatic carbocycles. The van der Waals surface area contributed by atoms with Crippen molar-refractivity contribution in [3.8, 4) is 0 Å². The van der Waals surface area contributed by atoms with E-state index in [0.717, 1.165) is 14.3 Å². The summed E-state index contributed by atoms with van der Waals surface area (Å²) in [5.41, 5.74) is 0.723. The second-order valence-corrected chi connectivity index (χ2v) is 7.95. The quantitative estimate of drug-likeness (QED) is 0.777. The predicted octanol–water partition coefficient (Wildman–Crippen LogP) is 3.72. The zero-order valence-corrected chi connectivity index (χ0v) is 13.7. The van der Waals surface area contributed by atoms with Crippen LogP contribution in [0.1, 0.15) is 18.4 Å². The molecule has 0 N–H and O–H groups in total. The number of hydrogen-bond acceptors (Lipinski definition) is 2. The summed E-state index contributed by atoms with van der Waals surface area (Å²) in [5, 5.41) is 0. The number of piperidine rings is 1. The van der Waals surface area contributed by atoms with Gasteiger partial charge in [0, 0.05) is 17.6 Å². The Balaban J connectivity index is 2.28. The van der Waals surface area contributed by atoms with Crippen molar-refractivity contribution in [3.05, 3.63) is 28.2 Å². The highest BCUT2D eigenvalue weighted by Gasteiger charge is 2.44. The highest BCUT2D eigenvalue weighted by Crippen LogP contribution is 2.35. The fraction of sp³-hybridized carbons (Fsp3) is 0.538. The molecule has 2 rings (SSSR count). The first kappa shape index (κ1) is 16.8. The Kier molecular flexibility index (Phi) is 4.70. The molecule has 0 bridgehead atoms. The molecular formula is C13H15BrF3NO2S. The number of benzene rings is 1. The first-order valence-electron chi connectivity index (χ1n) is 6.45. The maximum atomic E-state index is 12.8. The van der Waals surface area contributed by atoms with Crippen LogP contribution < -0.4 is 0 Å². The van der Waals surface area contributed by atoms with Gasteiger partial charge < -0.3 is 0 Å². The van der Waals surface area contributed by atoms with E-state index in [0.29, 0.717) is 0 Å². The van der Waals surface area contributed by atoms with Gasteiger partial charge in [0.05, 0.1) is 10.8 Å². The largest absolute Gasteiger partial charge is 0.393 e. The molecule has 0 aliphatic carbocycles. The normalized spacial score (nSPS) is 21.5. The second kappa shape index (κ2) is 5.89. The van der Waals surface area contributed by atoms with Crippen LogP contribution in [-0.2, 0) is 10.0 Å². The van der Waals surface area contributed by atoms with Crippen molar-refractivity contribution in [1.29, 1.82) is 0 Å². The van der Waals surface area contributed by atoms with Gasteiger partial charge in [0.25, 0.3) is 0 Å². The molecule has 1 aliphatic heterocycles. The third kappa shape index (κ3) is 3.60. The van der Waals surface area contributed by atoms with E-state index in [1.807, 2.05) is 0 Å². The Morgan fingerprint density at radius 3 is 2.57 bits per heavy atom. The predicted molar refractivity (Wildman–Crippen MR) is 76.4 cm³/mol. The topological polar surface area (TPSA) is 37.4 Å². The van der Waals surface area contributed by atoms with Gasteiger partial charge in [-0.3, -0.25) is 0 Å². The van der Waals surface area contributed by atoms with Crippen molar-refractivity contribution in [3.63, 3.8) is 0 Å². The van der Waals surface area contributed by atoms with Crippen molar-refractivity contribution in [1.82, 2.24) is 4.31 Å². The Morgan fingerprint density at radius 1 is 1.33 bits per heavy atom. The third-order valence-electron chi connectivity index (χ3n) is 3.61. The molecule has 1 heterocycles. The first-order chi connectivity index (χ1) is 9.62. The summed E-state index contributed by atoms with van der Waals surface area (Å²) < 4.78 is 65.0. The summed E-state index contributed by atoms with van der Waals surface area (Å²) >= 11 is 3.27. The van der Waals surface area contributed by atoms with Gasteiger partial charge in [0.15, 0.2) is 0 Å². The summed E-state index contributed by atoms with van der Waals surface area (Å²) in [6, 6.07) is 4.47. The van der Waals surface area contributed by atoms with E-state index >= 15 is 0 Å². The number of hydrogen-bond donors (Lipinski definition) is 0. The summed E-state index contributed by atoms with van der Waals surface area (Å²) in [7, 11) is -3.88. The van der Waals surface area contributed by atoms with Crippen molar-refractivity contribution in [2.75, 3.05) is 13.1 Å². The molecule has 0 radical (unpaired) electrons. The van der Waals surface area contributed by atoms with Crippen LogP contribution in [0.3, 0.4) is 0 Å². The number of alkyl halides is 3. The lowest BCUT2D eigenvalue weighted by molar-refractivity contribution is -0.182. The average molecular weight is 386 g/mol. The molecule has 0 amide bonds. The number of rotatable bonds is 2. The lowest BCUT2D eigenvalue weighted by Gasteiger charge is -2.32. The van der Waals surface area contributed by atoms with Gasteiger partial charge >= 0.3 is 6.18 Å². The Morgan fingerprint density at radius 2 is 2.00 bits per heavy atom. The first-order valence-corrected chi connectivity index (χ1v) is 8.68. The van der Waals surface area contributed by atoms with Gasteiger partial charge in [-0.15, -0.1) is 0 Å². The van der Waals surface area contributed by atoms with E-state index in [4.69, 9.17) is 0 Å². The average Bonchev–Trinajstić information content (AvgIpc) is 2.41. The minimum absolute atomic E-state index is 0.0190. The van der Waals surface area contributed by atoms with E-state index < -0.39 is 28.7 Å². The van der Waals surface area contributed by atoms with Crippen LogP contribution >= 0.6 is 15.9 Å². The van der Waals surface area contributed by atoms with Gasteiger partial charge in [0.1, 0.15) is 0 Å². The van der Waals surface area contributed by atoms with Crippen molar-refractivity contribution in [2.45, 2.75) is 30.8 Å². The van der Waals surface area contributed by atoms with E-state index in [1.54, 1.807) is 13.0 Å². The highest BCUT2D eigenvalue weighted by atomic mass is 79.9. The molecule has 3 nitrogen and oxygen atoms in total. The van der Waals surface area contributed by atoms with E-state index in [9.17, 15) is 21.6 Å². The minimum Gasteiger partial charge on any atom is -0.207 e. The lowest BCUT2D eigenvalue weighted by atomic mass is 9.99. The van der Waals surface area contributed by atoms with Gasteiger partial charge in [-0.1, -0.05) is 15.9 Å². The molecule has 0 spiro atoms. The van der Waals surface area contributed by atoms with Crippen LogP contribution in [0.2, 0.25) is 0 Å². The molecule has 1 saturated heterocycles. The van der Waals surface area contributed by atoms with Crippen molar-refractivity contribution in [2.24, 2.45) is 5.92 Å². The zero-order chi connectivity index (χ0) is 15.8. The monoisotopic (exact) mass is 385 g/mol. The van der Waals surface area contributed by atoms with Crippen LogP contribution in [0.4, 0.5) is 13.2 Å². The SMILES string of the molecule is Cc1cc(S(=O)(=O)N2CCCC(C(F)(F)F)C2)ccc1Br. The molecule has 1 aromatic rings. The van der Waals surface area contributed by atoms with Gasteiger partial charge in [-0.25, -0.2) is 8.42 Å². The number of sulfonamides is 1. The number of nitrogens with zero attached hydrogens (tertiary/aromatic N) is 1. The Labute approximate surface area is 130 Å². The molecule has 118 valence electrons. The van der Waals surface area contributed by atoms with Crippen LogP contribution in [0.5, 0.6) is 0 Å². The summed E-state index contributed by atoms with van der Waals surface area (Å²) in [6.07, 6.45) is -4.16. The molecular weight excluding hydrogens is 371 g/mol. The van der Waals surface area contributed by atoms with Crippen LogP contribution in [0.25, 0.3) is 0 Å².